The van der Waals surface area contributed by atoms with Crippen molar-refractivity contribution in [1.82, 2.24) is 0 Å². The number of methoxy groups -OCH3 is 1. The molecular formula is C8H16O3. The van der Waals surface area contributed by atoms with Crippen LogP contribution in [-0.4, -0.2) is 24.3 Å². The van der Waals surface area contributed by atoms with Gasteiger partial charge in [0.25, 0.3) is 0 Å². The lowest BCUT2D eigenvalue weighted by Crippen LogP contribution is -2.20. The molecule has 1 N–H and O–H groups in total. The molecule has 0 rings (SSSR count). The number of aliphatic hydroxyl groups excluding tert-OH is 1. The van der Waals surface area contributed by atoms with Gasteiger partial charge in [0, 0.05) is 0 Å². The van der Waals surface area contributed by atoms with E-state index in [9.17, 15) is 9.90 Å². The quantitative estimate of drug-likeness (QED) is 0.623. The molecule has 3 nitrogen and oxygen atoms in total. The molecule has 11 heavy (non-hydrogen) atoms. The minimum absolute atomic E-state index is 0.00699. The van der Waals surface area contributed by atoms with Crippen LogP contribution in [0.25, 0.3) is 0 Å². The van der Waals surface area contributed by atoms with Crippen LogP contribution in [-0.2, 0) is 9.53 Å². The summed E-state index contributed by atoms with van der Waals surface area (Å²) in [6.45, 7) is 3.73. The molecular weight excluding hydrogens is 144 g/mol. The third kappa shape index (κ3) is 3.98. The van der Waals surface area contributed by atoms with Gasteiger partial charge < -0.3 is 9.84 Å². The molecule has 66 valence electrons. The van der Waals surface area contributed by atoms with Gasteiger partial charge in [-0.1, -0.05) is 13.8 Å². The maximum atomic E-state index is 10.7. The maximum absolute atomic E-state index is 10.7. The smallest absolute Gasteiger partial charge is 0.305 e. The van der Waals surface area contributed by atoms with Gasteiger partial charge in [-0.05, 0) is 12.3 Å². The van der Waals surface area contributed by atoms with Gasteiger partial charge in [0.1, 0.15) is 0 Å². The zero-order valence-electron chi connectivity index (χ0n) is 7.33. The minimum atomic E-state index is -0.394. The fourth-order valence-corrected chi connectivity index (χ4v) is 0.885. The molecule has 0 aliphatic carbocycles. The molecule has 0 aliphatic heterocycles. The van der Waals surface area contributed by atoms with E-state index in [1.54, 1.807) is 0 Å². The zero-order chi connectivity index (χ0) is 8.85. The topological polar surface area (TPSA) is 46.5 Å². The molecule has 2 atom stereocenters. The van der Waals surface area contributed by atoms with Crippen LogP contribution in [0.5, 0.6) is 0 Å². The first-order chi connectivity index (χ1) is 5.11. The standard InChI is InChI=1S/C8H16O3/c1-4-7(9)6(2)5-8(10)11-3/h6-7,9H,4-5H2,1-3H3. The maximum Gasteiger partial charge on any atom is 0.305 e. The number of aliphatic hydroxyl groups is 1. The van der Waals surface area contributed by atoms with Crippen LogP contribution in [0.4, 0.5) is 0 Å². The van der Waals surface area contributed by atoms with Crippen LogP contribution < -0.4 is 0 Å². The van der Waals surface area contributed by atoms with E-state index in [0.717, 1.165) is 0 Å². The number of esters is 1. The third-order valence-electron chi connectivity index (χ3n) is 1.79. The van der Waals surface area contributed by atoms with Gasteiger partial charge in [-0.2, -0.15) is 0 Å². The minimum Gasteiger partial charge on any atom is -0.469 e. The van der Waals surface area contributed by atoms with Crippen molar-refractivity contribution in [3.8, 4) is 0 Å². The summed E-state index contributed by atoms with van der Waals surface area (Å²) < 4.78 is 4.47. The van der Waals surface area contributed by atoms with E-state index in [0.29, 0.717) is 12.8 Å². The van der Waals surface area contributed by atoms with E-state index in [4.69, 9.17) is 0 Å². The highest BCUT2D eigenvalue weighted by molar-refractivity contribution is 5.69. The van der Waals surface area contributed by atoms with Crippen LogP contribution in [0.2, 0.25) is 0 Å². The molecule has 0 aromatic rings. The van der Waals surface area contributed by atoms with Crippen molar-refractivity contribution in [2.24, 2.45) is 5.92 Å². The molecule has 0 saturated heterocycles. The second kappa shape index (κ2) is 5.13. The van der Waals surface area contributed by atoms with E-state index in [2.05, 4.69) is 4.74 Å². The van der Waals surface area contributed by atoms with Crippen molar-refractivity contribution in [2.75, 3.05) is 7.11 Å². The third-order valence-corrected chi connectivity index (χ3v) is 1.79. The largest absolute Gasteiger partial charge is 0.469 e. The van der Waals surface area contributed by atoms with Gasteiger partial charge >= 0.3 is 5.97 Å². The molecule has 0 aromatic heterocycles. The summed E-state index contributed by atoms with van der Waals surface area (Å²) in [7, 11) is 1.35. The molecule has 2 unspecified atom stereocenters. The Bertz CT molecular complexity index is 123. The van der Waals surface area contributed by atoms with Gasteiger partial charge in [-0.25, -0.2) is 0 Å². The Labute approximate surface area is 67.4 Å². The van der Waals surface area contributed by atoms with E-state index in [-0.39, 0.29) is 11.9 Å². The van der Waals surface area contributed by atoms with E-state index in [1.807, 2.05) is 13.8 Å². The van der Waals surface area contributed by atoms with Gasteiger partial charge in [0.15, 0.2) is 0 Å². The van der Waals surface area contributed by atoms with Crippen molar-refractivity contribution >= 4 is 5.97 Å². The fraction of sp³-hybridized carbons (Fsp3) is 0.875. The Kier molecular flexibility index (Phi) is 4.86. The fourth-order valence-electron chi connectivity index (χ4n) is 0.885. The molecule has 0 radical (unpaired) electrons. The molecule has 0 spiro atoms. The molecule has 0 saturated carbocycles. The predicted octanol–water partition coefficient (Wildman–Crippen LogP) is 0.956. The van der Waals surface area contributed by atoms with Gasteiger partial charge in [0.2, 0.25) is 0 Å². The average Bonchev–Trinajstić information content (AvgIpc) is 2.02. The summed E-state index contributed by atoms with van der Waals surface area (Å²) >= 11 is 0. The van der Waals surface area contributed by atoms with Crippen molar-refractivity contribution in [3.63, 3.8) is 0 Å². The van der Waals surface area contributed by atoms with Crippen molar-refractivity contribution in [3.05, 3.63) is 0 Å². The number of carbonyl (C=O) groups is 1. The molecule has 0 amide bonds. The van der Waals surface area contributed by atoms with Crippen LogP contribution in [0, 0.1) is 5.92 Å². The van der Waals surface area contributed by atoms with Crippen LogP contribution in [0.3, 0.4) is 0 Å². The average molecular weight is 160 g/mol. The molecule has 0 heterocycles. The SMILES string of the molecule is CCC(O)C(C)CC(=O)OC. The second-order valence-corrected chi connectivity index (χ2v) is 2.73. The number of ether oxygens (including phenoxy) is 1. The summed E-state index contributed by atoms with van der Waals surface area (Å²) in [4.78, 5) is 10.7. The highest BCUT2D eigenvalue weighted by Crippen LogP contribution is 2.11. The van der Waals surface area contributed by atoms with Gasteiger partial charge in [0.05, 0.1) is 19.6 Å². The number of carbonyl (C=O) groups excluding carboxylic acids is 1. The first-order valence-corrected chi connectivity index (χ1v) is 3.86. The first kappa shape index (κ1) is 10.4. The Morgan fingerprint density at radius 3 is 2.55 bits per heavy atom. The van der Waals surface area contributed by atoms with E-state index in [1.165, 1.54) is 7.11 Å². The highest BCUT2D eigenvalue weighted by Gasteiger charge is 2.15. The predicted molar refractivity (Wildman–Crippen MR) is 42.1 cm³/mol. The number of rotatable bonds is 4. The van der Waals surface area contributed by atoms with E-state index >= 15 is 0 Å². The first-order valence-electron chi connectivity index (χ1n) is 3.86. The van der Waals surface area contributed by atoms with Crippen LogP contribution >= 0.6 is 0 Å². The summed E-state index contributed by atoms with van der Waals surface area (Å²) in [6, 6.07) is 0. The Balaban J connectivity index is 3.67. The summed E-state index contributed by atoms with van der Waals surface area (Å²) in [5.74, 6) is -0.266. The second-order valence-electron chi connectivity index (χ2n) is 2.73. The lowest BCUT2D eigenvalue weighted by Gasteiger charge is -2.15. The summed E-state index contributed by atoms with van der Waals surface area (Å²) in [5.41, 5.74) is 0. The number of hydrogen-bond donors (Lipinski definition) is 1. The molecule has 3 heteroatoms. The van der Waals surface area contributed by atoms with Crippen molar-refractivity contribution in [1.29, 1.82) is 0 Å². The van der Waals surface area contributed by atoms with E-state index < -0.39 is 6.10 Å². The molecule has 0 aromatic carbocycles. The lowest BCUT2D eigenvalue weighted by molar-refractivity contribution is -0.142. The van der Waals surface area contributed by atoms with Crippen molar-refractivity contribution in [2.45, 2.75) is 32.8 Å². The van der Waals surface area contributed by atoms with Gasteiger partial charge in [-0.15, -0.1) is 0 Å². The molecule has 0 fully saturated rings. The summed E-state index contributed by atoms with van der Waals surface area (Å²) in [6.07, 6.45) is 0.582. The Morgan fingerprint density at radius 1 is 1.64 bits per heavy atom. The number of hydrogen-bond acceptors (Lipinski definition) is 3. The zero-order valence-corrected chi connectivity index (χ0v) is 7.33. The Hall–Kier alpha value is -0.570. The van der Waals surface area contributed by atoms with Crippen LogP contribution in [0.1, 0.15) is 26.7 Å². The lowest BCUT2D eigenvalue weighted by atomic mass is 9.99. The highest BCUT2D eigenvalue weighted by atomic mass is 16.5. The van der Waals surface area contributed by atoms with Crippen LogP contribution in [0.15, 0.2) is 0 Å². The van der Waals surface area contributed by atoms with Crippen molar-refractivity contribution < 1.29 is 14.6 Å². The van der Waals surface area contributed by atoms with Gasteiger partial charge in [-0.3, -0.25) is 4.79 Å². The molecule has 0 aliphatic rings. The monoisotopic (exact) mass is 160 g/mol. The summed E-state index contributed by atoms with van der Waals surface area (Å²) in [5, 5.41) is 9.26. The Morgan fingerprint density at radius 2 is 2.18 bits per heavy atom. The normalized spacial score (nSPS) is 15.6. The molecule has 0 bridgehead atoms.